The number of fused-ring (bicyclic) bond motifs is 3. The number of pyridine rings is 1. The fourth-order valence-corrected chi connectivity index (χ4v) is 5.11. The zero-order chi connectivity index (χ0) is 26.9. The summed E-state index contributed by atoms with van der Waals surface area (Å²) < 4.78 is 31.4. The van der Waals surface area contributed by atoms with Gasteiger partial charge in [0.25, 0.3) is 0 Å². The van der Waals surface area contributed by atoms with Crippen molar-refractivity contribution in [3.05, 3.63) is 66.4 Å². The Bertz CT molecular complexity index is 1850. The van der Waals surface area contributed by atoms with Crippen molar-refractivity contribution in [1.29, 1.82) is 0 Å². The number of aryl methyl sites for hydroxylation is 1. The first-order valence-electron chi connectivity index (χ1n) is 11.9. The van der Waals surface area contributed by atoms with Crippen LogP contribution in [-0.2, 0) is 4.74 Å². The Morgan fingerprint density at radius 2 is 1.97 bits per heavy atom. The van der Waals surface area contributed by atoms with E-state index < -0.39 is 11.9 Å². The maximum absolute atomic E-state index is 14.8. The lowest BCUT2D eigenvalue weighted by molar-refractivity contribution is 0.136. The number of ether oxygens (including phenoxy) is 3. The van der Waals surface area contributed by atoms with Crippen LogP contribution in [0, 0.1) is 12.7 Å². The van der Waals surface area contributed by atoms with Gasteiger partial charge < -0.3 is 19.2 Å². The zero-order valence-electron chi connectivity index (χ0n) is 20.8. The number of aromatic amines is 1. The summed E-state index contributed by atoms with van der Waals surface area (Å²) >= 11 is 1.39. The number of hydrogen-bond acceptors (Lipinski definition) is 9. The van der Waals surface area contributed by atoms with E-state index in [1.807, 2.05) is 25.1 Å². The SMILES string of the molecule is COc1cnc2c(-c3nc4cc(F)c(OCCOC(=O)Nc5cnc6[nH]ccc6c5)cc4s3)cc(C)cc2n1. The molecule has 12 heteroatoms. The third-order valence-corrected chi connectivity index (χ3v) is 6.92. The Labute approximate surface area is 224 Å². The summed E-state index contributed by atoms with van der Waals surface area (Å²) in [4.78, 5) is 32.9. The minimum absolute atomic E-state index is 0.0312. The minimum atomic E-state index is -0.663. The van der Waals surface area contributed by atoms with E-state index in [0.717, 1.165) is 26.9 Å². The molecule has 2 aromatic carbocycles. The number of rotatable bonds is 7. The molecule has 2 N–H and O–H groups in total. The molecular formula is C27H21FN6O4S. The standard InChI is InChI=1S/C27H21FN6O4S/c1-14-7-17(24-20(8-14)33-23(36-2)13-30-24)26-34-19-10-18(28)21(11-22(19)39-26)37-5-6-38-27(35)32-16-9-15-3-4-29-25(15)31-12-16/h3-4,7-13H,5-6H2,1-2H3,(H,29,31)(H,32,35). The van der Waals surface area contributed by atoms with Crippen LogP contribution >= 0.6 is 11.3 Å². The molecule has 0 aliphatic rings. The maximum atomic E-state index is 14.8. The molecule has 1 amide bonds. The highest BCUT2D eigenvalue weighted by atomic mass is 32.1. The first kappa shape index (κ1) is 24.5. The molecule has 0 unspecified atom stereocenters. The van der Waals surface area contributed by atoms with Crippen molar-refractivity contribution in [1.82, 2.24) is 24.9 Å². The van der Waals surface area contributed by atoms with Gasteiger partial charge in [0.2, 0.25) is 5.88 Å². The van der Waals surface area contributed by atoms with Crippen LogP contribution in [0.3, 0.4) is 0 Å². The van der Waals surface area contributed by atoms with Crippen molar-refractivity contribution < 1.29 is 23.4 Å². The molecule has 6 rings (SSSR count). The number of hydrogen-bond donors (Lipinski definition) is 2. The second-order valence-corrected chi connectivity index (χ2v) is 9.64. The first-order chi connectivity index (χ1) is 19.0. The predicted octanol–water partition coefficient (Wildman–Crippen LogP) is 5.87. The largest absolute Gasteiger partial charge is 0.487 e. The van der Waals surface area contributed by atoms with Gasteiger partial charge in [0, 0.05) is 29.3 Å². The maximum Gasteiger partial charge on any atom is 0.411 e. The second kappa shape index (κ2) is 10.1. The number of carbonyl (C=O) groups is 1. The van der Waals surface area contributed by atoms with Crippen LogP contribution in [0.4, 0.5) is 14.9 Å². The van der Waals surface area contributed by atoms with Gasteiger partial charge in [0.15, 0.2) is 11.6 Å². The molecule has 0 spiro atoms. The molecule has 6 aromatic rings. The van der Waals surface area contributed by atoms with E-state index in [1.54, 1.807) is 24.5 Å². The number of carbonyl (C=O) groups excluding carboxylic acids is 1. The van der Waals surface area contributed by atoms with Gasteiger partial charge in [0.1, 0.15) is 23.9 Å². The van der Waals surface area contributed by atoms with Gasteiger partial charge >= 0.3 is 6.09 Å². The third kappa shape index (κ3) is 5.01. The number of thiazole rings is 1. The molecule has 4 aromatic heterocycles. The smallest absolute Gasteiger partial charge is 0.411 e. The summed E-state index contributed by atoms with van der Waals surface area (Å²) in [6, 6.07) is 10.4. The van der Waals surface area contributed by atoms with Crippen LogP contribution in [0.5, 0.6) is 11.6 Å². The van der Waals surface area contributed by atoms with E-state index in [4.69, 9.17) is 14.2 Å². The van der Waals surface area contributed by atoms with Crippen molar-refractivity contribution in [2.45, 2.75) is 6.92 Å². The number of anilines is 1. The summed E-state index contributed by atoms with van der Waals surface area (Å²) in [6.07, 6.45) is 4.18. The number of nitrogens with zero attached hydrogens (tertiary/aromatic N) is 4. The average Bonchev–Trinajstić information content (AvgIpc) is 3.56. The molecule has 0 bridgehead atoms. The molecular weight excluding hydrogens is 523 g/mol. The van der Waals surface area contributed by atoms with Crippen LogP contribution < -0.4 is 14.8 Å². The average molecular weight is 545 g/mol. The van der Waals surface area contributed by atoms with Crippen LogP contribution in [0.25, 0.3) is 42.9 Å². The lowest BCUT2D eigenvalue weighted by atomic mass is 10.1. The number of amides is 1. The van der Waals surface area contributed by atoms with E-state index in [0.29, 0.717) is 33.1 Å². The Morgan fingerprint density at radius 1 is 1.08 bits per heavy atom. The molecule has 0 aliphatic heterocycles. The number of halogens is 1. The minimum Gasteiger partial charge on any atom is -0.487 e. The highest BCUT2D eigenvalue weighted by Gasteiger charge is 2.16. The number of benzene rings is 2. The summed E-state index contributed by atoms with van der Waals surface area (Å²) in [7, 11) is 1.54. The van der Waals surface area contributed by atoms with Crippen molar-refractivity contribution in [2.75, 3.05) is 25.6 Å². The molecule has 196 valence electrons. The molecule has 39 heavy (non-hydrogen) atoms. The summed E-state index contributed by atoms with van der Waals surface area (Å²) in [5, 5.41) is 4.15. The number of aromatic nitrogens is 5. The molecule has 10 nitrogen and oxygen atoms in total. The highest BCUT2D eigenvalue weighted by Crippen LogP contribution is 2.37. The number of nitrogens with one attached hydrogen (secondary N) is 2. The van der Waals surface area contributed by atoms with Gasteiger partial charge in [-0.15, -0.1) is 11.3 Å². The molecule has 0 aliphatic carbocycles. The van der Waals surface area contributed by atoms with Gasteiger partial charge in [-0.25, -0.2) is 29.1 Å². The molecule has 0 radical (unpaired) electrons. The molecule has 4 heterocycles. The zero-order valence-corrected chi connectivity index (χ0v) is 21.6. The van der Waals surface area contributed by atoms with Crippen molar-refractivity contribution in [2.24, 2.45) is 0 Å². The topological polar surface area (TPSA) is 124 Å². The van der Waals surface area contributed by atoms with Crippen LogP contribution in [-0.4, -0.2) is 51.3 Å². The quantitative estimate of drug-likeness (QED) is 0.239. The fourth-order valence-electron chi connectivity index (χ4n) is 4.11. The number of methoxy groups -OCH3 is 1. The normalized spacial score (nSPS) is 11.3. The Balaban J connectivity index is 1.14. The summed E-state index contributed by atoms with van der Waals surface area (Å²) in [6.45, 7) is 1.86. The van der Waals surface area contributed by atoms with Gasteiger partial charge in [-0.1, -0.05) is 0 Å². The summed E-state index contributed by atoms with van der Waals surface area (Å²) in [5.41, 5.74) is 4.86. The van der Waals surface area contributed by atoms with Gasteiger partial charge in [-0.3, -0.25) is 5.32 Å². The van der Waals surface area contributed by atoms with Crippen molar-refractivity contribution in [3.63, 3.8) is 0 Å². The monoisotopic (exact) mass is 544 g/mol. The number of H-pyrrole nitrogens is 1. The Hall–Kier alpha value is -4.84. The van der Waals surface area contributed by atoms with Gasteiger partial charge in [-0.2, -0.15) is 0 Å². The molecule has 0 atom stereocenters. The fraction of sp³-hybridized carbons (Fsp3) is 0.148. The molecule has 0 saturated carbocycles. The van der Waals surface area contributed by atoms with Crippen LogP contribution in [0.15, 0.2) is 55.0 Å². The summed E-state index contributed by atoms with van der Waals surface area (Å²) in [5.74, 6) is -0.0976. The Kier molecular flexibility index (Phi) is 6.37. The van der Waals surface area contributed by atoms with E-state index >= 15 is 0 Å². The van der Waals surface area contributed by atoms with E-state index in [9.17, 15) is 9.18 Å². The van der Waals surface area contributed by atoms with Gasteiger partial charge in [0.05, 0.1) is 46.4 Å². The highest BCUT2D eigenvalue weighted by molar-refractivity contribution is 7.21. The first-order valence-corrected chi connectivity index (χ1v) is 12.7. The Morgan fingerprint density at radius 3 is 2.85 bits per heavy atom. The molecule has 0 saturated heterocycles. The van der Waals surface area contributed by atoms with E-state index in [-0.39, 0.29) is 19.0 Å². The second-order valence-electron chi connectivity index (χ2n) is 8.61. The predicted molar refractivity (Wildman–Crippen MR) is 146 cm³/mol. The van der Waals surface area contributed by atoms with Crippen molar-refractivity contribution in [3.8, 4) is 22.2 Å². The lowest BCUT2D eigenvalue weighted by Crippen LogP contribution is -2.17. The third-order valence-electron chi connectivity index (χ3n) is 5.87. The van der Waals surface area contributed by atoms with E-state index in [1.165, 1.54) is 30.7 Å². The van der Waals surface area contributed by atoms with Crippen LogP contribution in [0.2, 0.25) is 0 Å². The molecule has 0 fully saturated rings. The van der Waals surface area contributed by atoms with E-state index in [2.05, 4.69) is 30.2 Å². The van der Waals surface area contributed by atoms with Gasteiger partial charge in [-0.05, 0) is 36.8 Å². The van der Waals surface area contributed by atoms with Crippen LogP contribution in [0.1, 0.15) is 5.56 Å². The lowest BCUT2D eigenvalue weighted by Gasteiger charge is -2.09. The van der Waals surface area contributed by atoms with Crippen molar-refractivity contribution >= 4 is 55.4 Å².